The summed E-state index contributed by atoms with van der Waals surface area (Å²) >= 11 is 4.94. The summed E-state index contributed by atoms with van der Waals surface area (Å²) in [6.45, 7) is 0. The van der Waals surface area contributed by atoms with E-state index in [2.05, 4.69) is 0 Å². The highest BCUT2D eigenvalue weighted by molar-refractivity contribution is 6.68. The van der Waals surface area contributed by atoms with Crippen LogP contribution in [-0.4, -0.2) is 10.2 Å². The van der Waals surface area contributed by atoms with E-state index in [-0.39, 0.29) is 0 Å². The number of nitro groups is 1. The lowest BCUT2D eigenvalue weighted by atomic mass is 10.2. The normalized spacial score (nSPS) is 9.93. The molecule has 4 nitrogen and oxygen atoms in total. The van der Waals surface area contributed by atoms with Gasteiger partial charge >= 0.3 is 5.69 Å². The van der Waals surface area contributed by atoms with Crippen molar-refractivity contribution in [1.82, 2.24) is 0 Å². The zero-order chi connectivity index (χ0) is 10.9. The summed E-state index contributed by atoms with van der Waals surface area (Å²) in [5, 5.41) is 9.07. The van der Waals surface area contributed by atoms with Crippen LogP contribution in [0.1, 0.15) is 10.4 Å². The molecule has 0 bridgehead atoms. The average molecular weight is 222 g/mol. The second-order valence-electron chi connectivity index (χ2n) is 2.29. The molecule has 74 valence electrons. The Hall–Kier alpha value is -1.56. The minimum atomic E-state index is -1.69. The van der Waals surface area contributed by atoms with Gasteiger partial charge in [0, 0.05) is 0 Å². The molecular formula is C7H2ClF2NO3. The smallest absolute Gasteiger partial charge is 0.275 e. The molecule has 0 unspecified atom stereocenters. The molecule has 0 saturated heterocycles. The van der Waals surface area contributed by atoms with Gasteiger partial charge in [-0.3, -0.25) is 14.9 Å². The minimum absolute atomic E-state index is 0.595. The van der Waals surface area contributed by atoms with Crippen molar-refractivity contribution in [2.24, 2.45) is 0 Å². The Bertz CT molecular complexity index is 422. The Morgan fingerprint density at radius 1 is 1.43 bits per heavy atom. The van der Waals surface area contributed by atoms with E-state index in [1.165, 1.54) is 0 Å². The lowest BCUT2D eigenvalue weighted by Crippen LogP contribution is -2.03. The molecule has 1 aromatic rings. The molecule has 1 rings (SSSR count). The SMILES string of the molecule is O=C(Cl)c1ccc(F)c(F)c1[N+](=O)[O-]. The van der Waals surface area contributed by atoms with Crippen LogP contribution in [0.25, 0.3) is 0 Å². The van der Waals surface area contributed by atoms with Gasteiger partial charge in [-0.05, 0) is 23.7 Å². The number of hydrogen-bond acceptors (Lipinski definition) is 3. The van der Waals surface area contributed by atoms with Gasteiger partial charge in [-0.15, -0.1) is 0 Å². The molecule has 14 heavy (non-hydrogen) atoms. The maximum atomic E-state index is 12.8. The van der Waals surface area contributed by atoms with E-state index in [0.717, 1.165) is 6.07 Å². The summed E-state index contributed by atoms with van der Waals surface area (Å²) in [4.78, 5) is 19.7. The molecule has 0 aliphatic heterocycles. The summed E-state index contributed by atoms with van der Waals surface area (Å²) in [5.41, 5.74) is -1.92. The quantitative estimate of drug-likeness (QED) is 0.437. The summed E-state index contributed by atoms with van der Waals surface area (Å²) in [6.07, 6.45) is 0. The first-order chi connectivity index (χ1) is 6.45. The molecule has 1 aromatic carbocycles. The lowest BCUT2D eigenvalue weighted by molar-refractivity contribution is -0.388. The van der Waals surface area contributed by atoms with Crippen LogP contribution in [0.15, 0.2) is 12.1 Å². The van der Waals surface area contributed by atoms with Crippen LogP contribution in [0.2, 0.25) is 0 Å². The number of nitrogens with zero attached hydrogens (tertiary/aromatic N) is 1. The second kappa shape index (κ2) is 3.67. The molecule has 0 amide bonds. The van der Waals surface area contributed by atoms with Gasteiger partial charge in [0.25, 0.3) is 5.24 Å². The Kier molecular flexibility index (Phi) is 2.76. The average Bonchev–Trinajstić information content (AvgIpc) is 2.08. The molecule has 0 aliphatic carbocycles. The molecule has 0 radical (unpaired) electrons. The van der Waals surface area contributed by atoms with E-state index in [0.29, 0.717) is 6.07 Å². The zero-order valence-corrected chi connectivity index (χ0v) is 7.22. The first kappa shape index (κ1) is 10.5. The number of carbonyl (C=O) groups excluding carboxylic acids is 1. The Balaban J connectivity index is 3.53. The van der Waals surface area contributed by atoms with Crippen LogP contribution in [0.4, 0.5) is 14.5 Å². The van der Waals surface area contributed by atoms with Crippen molar-refractivity contribution in [2.75, 3.05) is 0 Å². The summed E-state index contributed by atoms with van der Waals surface area (Å²) in [7, 11) is 0. The van der Waals surface area contributed by atoms with E-state index in [1.807, 2.05) is 0 Å². The maximum Gasteiger partial charge on any atom is 0.319 e. The van der Waals surface area contributed by atoms with Crippen LogP contribution < -0.4 is 0 Å². The van der Waals surface area contributed by atoms with Gasteiger partial charge in [-0.2, -0.15) is 4.39 Å². The van der Waals surface area contributed by atoms with Crippen LogP contribution in [0.3, 0.4) is 0 Å². The molecule has 0 aromatic heterocycles. The molecule has 0 fully saturated rings. The van der Waals surface area contributed by atoms with Gasteiger partial charge in [-0.25, -0.2) is 4.39 Å². The largest absolute Gasteiger partial charge is 0.319 e. The molecule has 0 atom stereocenters. The Morgan fingerprint density at radius 3 is 2.43 bits per heavy atom. The van der Waals surface area contributed by atoms with Crippen molar-refractivity contribution in [3.63, 3.8) is 0 Å². The highest BCUT2D eigenvalue weighted by Crippen LogP contribution is 2.25. The lowest BCUT2D eigenvalue weighted by Gasteiger charge is -1.99. The summed E-state index contributed by atoms with van der Waals surface area (Å²) < 4.78 is 25.4. The predicted octanol–water partition coefficient (Wildman–Crippen LogP) is 2.25. The van der Waals surface area contributed by atoms with Gasteiger partial charge < -0.3 is 0 Å². The molecule has 7 heteroatoms. The third-order valence-corrected chi connectivity index (χ3v) is 1.67. The summed E-state index contributed by atoms with van der Waals surface area (Å²) in [5.74, 6) is -3.10. The standard InChI is InChI=1S/C7H2ClF2NO3/c8-7(12)3-1-2-4(9)5(10)6(3)11(13)14/h1-2H. The minimum Gasteiger partial charge on any atom is -0.275 e. The number of halogens is 3. The van der Waals surface area contributed by atoms with Gasteiger partial charge in [0.2, 0.25) is 5.82 Å². The van der Waals surface area contributed by atoms with Gasteiger partial charge in [0.05, 0.1) is 4.92 Å². The highest BCUT2D eigenvalue weighted by atomic mass is 35.5. The van der Waals surface area contributed by atoms with Gasteiger partial charge in [0.1, 0.15) is 5.56 Å². The molecule has 0 saturated carbocycles. The van der Waals surface area contributed by atoms with Crippen molar-refractivity contribution in [3.8, 4) is 0 Å². The van der Waals surface area contributed by atoms with Crippen molar-refractivity contribution in [1.29, 1.82) is 0 Å². The Labute approximate surface area is 81.2 Å². The number of hydrogen-bond donors (Lipinski definition) is 0. The third-order valence-electron chi connectivity index (χ3n) is 1.46. The van der Waals surface area contributed by atoms with E-state index < -0.39 is 33.1 Å². The fourth-order valence-corrected chi connectivity index (χ4v) is 1.03. The fraction of sp³-hybridized carbons (Fsp3) is 0. The van der Waals surface area contributed by atoms with Gasteiger partial charge in [-0.1, -0.05) is 0 Å². The van der Waals surface area contributed by atoms with E-state index >= 15 is 0 Å². The molecule has 0 heterocycles. The Morgan fingerprint density at radius 2 is 2.00 bits per heavy atom. The third kappa shape index (κ3) is 1.69. The second-order valence-corrected chi connectivity index (χ2v) is 2.63. The van der Waals surface area contributed by atoms with E-state index in [4.69, 9.17) is 11.6 Å². The zero-order valence-electron chi connectivity index (χ0n) is 6.46. The number of rotatable bonds is 2. The monoisotopic (exact) mass is 221 g/mol. The number of carbonyl (C=O) groups is 1. The molecular weight excluding hydrogens is 220 g/mol. The fourth-order valence-electron chi connectivity index (χ4n) is 0.877. The number of nitro benzene ring substituents is 1. The van der Waals surface area contributed by atoms with Crippen molar-refractivity contribution < 1.29 is 18.5 Å². The maximum absolute atomic E-state index is 12.8. The molecule has 0 spiro atoms. The highest BCUT2D eigenvalue weighted by Gasteiger charge is 2.26. The first-order valence-corrected chi connectivity index (χ1v) is 3.65. The van der Waals surface area contributed by atoms with Crippen LogP contribution >= 0.6 is 11.6 Å². The first-order valence-electron chi connectivity index (χ1n) is 3.27. The van der Waals surface area contributed by atoms with Crippen molar-refractivity contribution in [3.05, 3.63) is 39.4 Å². The molecule has 0 aliphatic rings. The van der Waals surface area contributed by atoms with Crippen molar-refractivity contribution in [2.45, 2.75) is 0 Å². The van der Waals surface area contributed by atoms with E-state index in [1.54, 1.807) is 0 Å². The van der Waals surface area contributed by atoms with E-state index in [9.17, 15) is 23.7 Å². The number of benzene rings is 1. The van der Waals surface area contributed by atoms with Crippen LogP contribution in [-0.2, 0) is 0 Å². The van der Waals surface area contributed by atoms with Crippen LogP contribution in [0.5, 0.6) is 0 Å². The predicted molar refractivity (Wildman–Crippen MR) is 43.2 cm³/mol. The van der Waals surface area contributed by atoms with Crippen LogP contribution in [0, 0.1) is 21.7 Å². The van der Waals surface area contributed by atoms with Gasteiger partial charge in [0.15, 0.2) is 5.82 Å². The molecule has 0 N–H and O–H groups in total. The van der Waals surface area contributed by atoms with Crippen molar-refractivity contribution >= 4 is 22.5 Å². The summed E-state index contributed by atoms with van der Waals surface area (Å²) in [6, 6.07) is 1.35. The topological polar surface area (TPSA) is 60.2 Å².